The molecular formula is C16H19FN2. The highest BCUT2D eigenvalue weighted by molar-refractivity contribution is 5.66. The highest BCUT2D eigenvalue weighted by Gasteiger charge is 2.04. The zero-order valence-corrected chi connectivity index (χ0v) is 11.5. The summed E-state index contributed by atoms with van der Waals surface area (Å²) < 4.78 is 13.2. The average Bonchev–Trinajstić information content (AvgIpc) is 2.36. The Kier molecular flexibility index (Phi) is 3.74. The van der Waals surface area contributed by atoms with Crippen LogP contribution in [0, 0.1) is 26.6 Å². The van der Waals surface area contributed by atoms with Crippen molar-refractivity contribution < 1.29 is 4.39 Å². The van der Waals surface area contributed by atoms with E-state index in [-0.39, 0.29) is 5.82 Å². The van der Waals surface area contributed by atoms with Crippen LogP contribution in [-0.2, 0) is 6.54 Å². The van der Waals surface area contributed by atoms with Crippen LogP contribution in [0.5, 0.6) is 0 Å². The summed E-state index contributed by atoms with van der Waals surface area (Å²) in [6.07, 6.45) is 0. The van der Waals surface area contributed by atoms with Crippen LogP contribution in [0.4, 0.5) is 15.8 Å². The lowest BCUT2D eigenvalue weighted by molar-refractivity contribution is 0.628. The van der Waals surface area contributed by atoms with Crippen molar-refractivity contribution in [3.63, 3.8) is 0 Å². The van der Waals surface area contributed by atoms with Gasteiger partial charge in [-0.25, -0.2) is 4.39 Å². The van der Waals surface area contributed by atoms with Gasteiger partial charge in [0.15, 0.2) is 0 Å². The second-order valence-corrected chi connectivity index (χ2v) is 4.95. The third-order valence-electron chi connectivity index (χ3n) is 3.44. The fraction of sp³-hybridized carbons (Fsp3) is 0.250. The summed E-state index contributed by atoms with van der Waals surface area (Å²) in [7, 11) is 0. The Labute approximate surface area is 113 Å². The first kappa shape index (κ1) is 13.4. The Bertz CT molecular complexity index is 606. The first-order valence-corrected chi connectivity index (χ1v) is 6.33. The van der Waals surface area contributed by atoms with Crippen LogP contribution < -0.4 is 11.1 Å². The van der Waals surface area contributed by atoms with Crippen LogP contribution >= 0.6 is 0 Å². The normalized spacial score (nSPS) is 10.5. The van der Waals surface area contributed by atoms with Gasteiger partial charge < -0.3 is 11.1 Å². The number of nitrogens with one attached hydrogen (secondary N) is 1. The maximum atomic E-state index is 13.2. The van der Waals surface area contributed by atoms with Crippen LogP contribution in [0.3, 0.4) is 0 Å². The minimum Gasteiger partial charge on any atom is -0.397 e. The highest BCUT2D eigenvalue weighted by atomic mass is 19.1. The lowest BCUT2D eigenvalue weighted by Crippen LogP contribution is -2.05. The van der Waals surface area contributed by atoms with Crippen LogP contribution in [-0.4, -0.2) is 0 Å². The number of halogens is 1. The third kappa shape index (κ3) is 3.05. The molecule has 0 aromatic heterocycles. The van der Waals surface area contributed by atoms with Gasteiger partial charge in [-0.05, 0) is 61.2 Å². The van der Waals surface area contributed by atoms with Crippen LogP contribution in [0.1, 0.15) is 22.3 Å². The van der Waals surface area contributed by atoms with Gasteiger partial charge in [-0.15, -0.1) is 0 Å². The van der Waals surface area contributed by atoms with E-state index in [1.165, 1.54) is 34.4 Å². The fourth-order valence-corrected chi connectivity index (χ4v) is 2.08. The van der Waals surface area contributed by atoms with Crippen LogP contribution in [0.25, 0.3) is 0 Å². The monoisotopic (exact) mass is 258 g/mol. The molecule has 100 valence electrons. The first-order valence-electron chi connectivity index (χ1n) is 6.33. The topological polar surface area (TPSA) is 38.0 Å². The van der Waals surface area contributed by atoms with Crippen molar-refractivity contribution in [1.29, 1.82) is 0 Å². The molecule has 0 fully saturated rings. The van der Waals surface area contributed by atoms with E-state index in [9.17, 15) is 4.39 Å². The van der Waals surface area contributed by atoms with Gasteiger partial charge in [-0.1, -0.05) is 12.1 Å². The number of hydrogen-bond donors (Lipinski definition) is 2. The number of nitrogens with two attached hydrogens (primary N) is 1. The Morgan fingerprint density at radius 2 is 1.68 bits per heavy atom. The molecule has 0 spiro atoms. The number of aryl methyl sites for hydroxylation is 3. The predicted octanol–water partition coefficient (Wildman–Crippen LogP) is 3.95. The second-order valence-electron chi connectivity index (χ2n) is 4.95. The standard InChI is InChI=1S/C16H19FN2/c1-10-6-12(3)13(7-11(10)2)9-19-16-8-14(17)4-5-15(16)18/h4-8,19H,9,18H2,1-3H3. The Morgan fingerprint density at radius 3 is 2.42 bits per heavy atom. The molecular weight excluding hydrogens is 239 g/mol. The lowest BCUT2D eigenvalue weighted by atomic mass is 10.0. The number of hydrogen-bond acceptors (Lipinski definition) is 2. The average molecular weight is 258 g/mol. The number of nitrogen functional groups attached to an aromatic ring is 1. The van der Waals surface area contributed by atoms with E-state index in [0.717, 1.165) is 0 Å². The molecule has 0 amide bonds. The van der Waals surface area contributed by atoms with Gasteiger partial charge in [0.2, 0.25) is 0 Å². The van der Waals surface area contributed by atoms with Gasteiger partial charge >= 0.3 is 0 Å². The summed E-state index contributed by atoms with van der Waals surface area (Å²) in [4.78, 5) is 0. The molecule has 0 saturated heterocycles. The molecule has 0 aliphatic carbocycles. The second kappa shape index (κ2) is 5.31. The molecule has 2 nitrogen and oxygen atoms in total. The largest absolute Gasteiger partial charge is 0.397 e. The van der Waals surface area contributed by atoms with Gasteiger partial charge in [0.25, 0.3) is 0 Å². The molecule has 2 aromatic rings. The third-order valence-corrected chi connectivity index (χ3v) is 3.44. The lowest BCUT2D eigenvalue weighted by Gasteiger charge is -2.13. The molecule has 2 aromatic carbocycles. The zero-order chi connectivity index (χ0) is 14.0. The SMILES string of the molecule is Cc1cc(C)c(CNc2cc(F)ccc2N)cc1C. The number of benzene rings is 2. The summed E-state index contributed by atoms with van der Waals surface area (Å²) >= 11 is 0. The van der Waals surface area contributed by atoms with E-state index in [4.69, 9.17) is 5.73 Å². The summed E-state index contributed by atoms with van der Waals surface area (Å²) in [6.45, 7) is 6.91. The summed E-state index contributed by atoms with van der Waals surface area (Å²) in [6, 6.07) is 8.69. The van der Waals surface area contributed by atoms with Gasteiger partial charge in [-0.3, -0.25) is 0 Å². The van der Waals surface area contributed by atoms with E-state index < -0.39 is 0 Å². The molecule has 3 heteroatoms. The predicted molar refractivity (Wildman–Crippen MR) is 78.8 cm³/mol. The van der Waals surface area contributed by atoms with E-state index in [2.05, 4.69) is 38.2 Å². The molecule has 0 aliphatic heterocycles. The quantitative estimate of drug-likeness (QED) is 0.818. The minimum atomic E-state index is -0.284. The van der Waals surface area contributed by atoms with E-state index in [1.54, 1.807) is 6.07 Å². The summed E-state index contributed by atoms with van der Waals surface area (Å²) in [5, 5.41) is 3.19. The van der Waals surface area contributed by atoms with Gasteiger partial charge in [-0.2, -0.15) is 0 Å². The maximum absolute atomic E-state index is 13.2. The smallest absolute Gasteiger partial charge is 0.125 e. The Balaban J connectivity index is 2.19. The van der Waals surface area contributed by atoms with Gasteiger partial charge in [0, 0.05) is 6.54 Å². The minimum absolute atomic E-state index is 0.284. The molecule has 0 unspecified atom stereocenters. The molecule has 2 rings (SSSR count). The van der Waals surface area contributed by atoms with Crippen molar-refractivity contribution >= 4 is 11.4 Å². The molecule has 0 bridgehead atoms. The van der Waals surface area contributed by atoms with Gasteiger partial charge in [0.1, 0.15) is 5.82 Å². The molecule has 0 heterocycles. The van der Waals surface area contributed by atoms with Crippen molar-refractivity contribution in [2.24, 2.45) is 0 Å². The van der Waals surface area contributed by atoms with Crippen molar-refractivity contribution in [2.45, 2.75) is 27.3 Å². The van der Waals surface area contributed by atoms with E-state index in [1.807, 2.05) is 0 Å². The van der Waals surface area contributed by atoms with E-state index in [0.29, 0.717) is 17.9 Å². The molecule has 3 N–H and O–H groups in total. The first-order chi connectivity index (χ1) is 8.97. The molecule has 19 heavy (non-hydrogen) atoms. The Morgan fingerprint density at radius 1 is 1.00 bits per heavy atom. The molecule has 0 radical (unpaired) electrons. The van der Waals surface area contributed by atoms with Crippen molar-refractivity contribution in [3.8, 4) is 0 Å². The van der Waals surface area contributed by atoms with Crippen molar-refractivity contribution in [3.05, 3.63) is 58.4 Å². The highest BCUT2D eigenvalue weighted by Crippen LogP contribution is 2.21. The summed E-state index contributed by atoms with van der Waals surface area (Å²) in [5.41, 5.74) is 12.0. The summed E-state index contributed by atoms with van der Waals surface area (Å²) in [5.74, 6) is -0.284. The van der Waals surface area contributed by atoms with E-state index >= 15 is 0 Å². The number of rotatable bonds is 3. The molecule has 0 saturated carbocycles. The Hall–Kier alpha value is -2.03. The van der Waals surface area contributed by atoms with Crippen LogP contribution in [0.15, 0.2) is 30.3 Å². The van der Waals surface area contributed by atoms with Crippen LogP contribution in [0.2, 0.25) is 0 Å². The molecule has 0 aliphatic rings. The van der Waals surface area contributed by atoms with Crippen molar-refractivity contribution in [2.75, 3.05) is 11.1 Å². The number of anilines is 2. The maximum Gasteiger partial charge on any atom is 0.125 e. The van der Waals surface area contributed by atoms with Crippen molar-refractivity contribution in [1.82, 2.24) is 0 Å². The molecule has 0 atom stereocenters. The van der Waals surface area contributed by atoms with Gasteiger partial charge in [0.05, 0.1) is 11.4 Å². The zero-order valence-electron chi connectivity index (χ0n) is 11.5. The fourth-order valence-electron chi connectivity index (χ4n) is 2.08.